The quantitative estimate of drug-likeness (QED) is 0.886. The molecule has 1 fully saturated rings. The van der Waals surface area contributed by atoms with Crippen LogP contribution in [0.2, 0.25) is 0 Å². The van der Waals surface area contributed by atoms with Gasteiger partial charge in [-0.1, -0.05) is 6.92 Å². The smallest absolute Gasteiger partial charge is 0.103 e. The summed E-state index contributed by atoms with van der Waals surface area (Å²) >= 11 is 0. The first-order valence-electron chi connectivity index (χ1n) is 7.64. The molecule has 3 heteroatoms. The Labute approximate surface area is 117 Å². The summed E-state index contributed by atoms with van der Waals surface area (Å²) in [5.41, 5.74) is 0.273. The van der Waals surface area contributed by atoms with Gasteiger partial charge in [-0.05, 0) is 58.3 Å². The van der Waals surface area contributed by atoms with Gasteiger partial charge in [-0.25, -0.2) is 0 Å². The number of rotatable bonds is 5. The van der Waals surface area contributed by atoms with Crippen LogP contribution in [0.1, 0.15) is 45.8 Å². The van der Waals surface area contributed by atoms with E-state index in [2.05, 4.69) is 37.1 Å². The first-order chi connectivity index (χ1) is 9.13. The van der Waals surface area contributed by atoms with Crippen molar-refractivity contribution in [1.82, 2.24) is 10.2 Å². The maximum absolute atomic E-state index is 5.43. The summed E-state index contributed by atoms with van der Waals surface area (Å²) in [7, 11) is 0. The average molecular weight is 264 g/mol. The van der Waals surface area contributed by atoms with Gasteiger partial charge in [0.15, 0.2) is 0 Å². The van der Waals surface area contributed by atoms with Crippen molar-refractivity contribution in [3.8, 4) is 0 Å². The molecule has 0 amide bonds. The molecule has 1 aromatic heterocycles. The molecule has 0 aromatic carbocycles. The monoisotopic (exact) mass is 264 g/mol. The fraction of sp³-hybridized carbons (Fsp3) is 0.750. The Morgan fingerprint density at radius 3 is 3.05 bits per heavy atom. The van der Waals surface area contributed by atoms with E-state index in [-0.39, 0.29) is 5.54 Å². The molecule has 2 atom stereocenters. The van der Waals surface area contributed by atoms with E-state index in [1.54, 1.807) is 6.26 Å². The van der Waals surface area contributed by atoms with Gasteiger partial charge >= 0.3 is 0 Å². The highest BCUT2D eigenvalue weighted by atomic mass is 16.3. The van der Waals surface area contributed by atoms with Crippen LogP contribution in [0.5, 0.6) is 0 Å². The van der Waals surface area contributed by atoms with E-state index in [0.717, 1.165) is 25.3 Å². The highest BCUT2D eigenvalue weighted by Crippen LogP contribution is 2.19. The lowest BCUT2D eigenvalue weighted by Crippen LogP contribution is -2.50. The van der Waals surface area contributed by atoms with Gasteiger partial charge in [-0.2, -0.15) is 0 Å². The van der Waals surface area contributed by atoms with Gasteiger partial charge < -0.3 is 9.73 Å². The molecule has 2 rings (SSSR count). The Morgan fingerprint density at radius 2 is 2.37 bits per heavy atom. The largest absolute Gasteiger partial charge is 0.469 e. The molecule has 0 saturated carbocycles. The van der Waals surface area contributed by atoms with Crippen LogP contribution >= 0.6 is 0 Å². The molecule has 2 heterocycles. The minimum Gasteiger partial charge on any atom is -0.469 e. The van der Waals surface area contributed by atoms with E-state index in [9.17, 15) is 0 Å². The molecular weight excluding hydrogens is 236 g/mol. The molecule has 3 nitrogen and oxygen atoms in total. The summed E-state index contributed by atoms with van der Waals surface area (Å²) in [4.78, 5) is 2.65. The van der Waals surface area contributed by atoms with Crippen LogP contribution < -0.4 is 5.32 Å². The Morgan fingerprint density at radius 1 is 1.53 bits per heavy atom. The summed E-state index contributed by atoms with van der Waals surface area (Å²) in [5.74, 6) is 1.11. The number of furan rings is 1. The summed E-state index contributed by atoms with van der Waals surface area (Å²) in [5, 5.41) is 3.70. The van der Waals surface area contributed by atoms with E-state index in [0.29, 0.717) is 6.04 Å². The van der Waals surface area contributed by atoms with Gasteiger partial charge in [0.1, 0.15) is 5.76 Å². The average Bonchev–Trinajstić information content (AvgIpc) is 2.85. The maximum atomic E-state index is 5.43. The molecular formula is C16H28N2O. The number of nitrogens with zero attached hydrogens (tertiary/aromatic N) is 1. The summed E-state index contributed by atoms with van der Waals surface area (Å²) < 4.78 is 5.43. The second-order valence-electron chi connectivity index (χ2n) is 6.13. The van der Waals surface area contributed by atoms with Crippen LogP contribution in [0.4, 0.5) is 0 Å². The minimum absolute atomic E-state index is 0.273. The summed E-state index contributed by atoms with van der Waals surface area (Å²) in [6.07, 6.45) is 6.42. The fourth-order valence-electron chi connectivity index (χ4n) is 2.86. The lowest BCUT2D eigenvalue weighted by Gasteiger charge is -2.36. The third-order valence-electron chi connectivity index (χ3n) is 4.52. The van der Waals surface area contributed by atoms with E-state index in [1.165, 1.54) is 25.8 Å². The van der Waals surface area contributed by atoms with Gasteiger partial charge in [-0.15, -0.1) is 0 Å². The van der Waals surface area contributed by atoms with Crippen molar-refractivity contribution in [3.63, 3.8) is 0 Å². The van der Waals surface area contributed by atoms with E-state index < -0.39 is 0 Å². The van der Waals surface area contributed by atoms with Crippen molar-refractivity contribution in [2.24, 2.45) is 0 Å². The Hall–Kier alpha value is -0.800. The van der Waals surface area contributed by atoms with Gasteiger partial charge in [0.05, 0.1) is 6.26 Å². The zero-order chi connectivity index (χ0) is 13.7. The Balaban J connectivity index is 1.88. The van der Waals surface area contributed by atoms with E-state index >= 15 is 0 Å². The predicted molar refractivity (Wildman–Crippen MR) is 79.4 cm³/mol. The van der Waals surface area contributed by atoms with Crippen molar-refractivity contribution in [1.29, 1.82) is 0 Å². The Kier molecular flexibility index (Phi) is 5.06. The topological polar surface area (TPSA) is 28.4 Å². The van der Waals surface area contributed by atoms with Crippen molar-refractivity contribution in [3.05, 3.63) is 24.2 Å². The summed E-state index contributed by atoms with van der Waals surface area (Å²) in [6.45, 7) is 10.5. The van der Waals surface area contributed by atoms with Crippen LogP contribution in [-0.2, 0) is 6.42 Å². The highest BCUT2D eigenvalue weighted by Gasteiger charge is 2.29. The van der Waals surface area contributed by atoms with Gasteiger partial charge in [-0.3, -0.25) is 4.90 Å². The summed E-state index contributed by atoms with van der Waals surface area (Å²) in [6, 6.07) is 4.67. The molecule has 19 heavy (non-hydrogen) atoms. The molecule has 2 unspecified atom stereocenters. The lowest BCUT2D eigenvalue weighted by molar-refractivity contribution is 0.161. The SMILES string of the molecule is CCC1(C)CN(C(C)CCc2ccco2)CCCN1. The zero-order valence-electron chi connectivity index (χ0n) is 12.6. The number of nitrogens with one attached hydrogen (secondary N) is 1. The molecule has 1 N–H and O–H groups in total. The molecule has 0 spiro atoms. The Bertz CT molecular complexity index is 363. The fourth-order valence-corrected chi connectivity index (χ4v) is 2.86. The van der Waals surface area contributed by atoms with Crippen LogP contribution in [-0.4, -0.2) is 36.1 Å². The molecule has 1 aliphatic rings. The molecule has 1 saturated heterocycles. The second kappa shape index (κ2) is 6.58. The number of hydrogen-bond acceptors (Lipinski definition) is 3. The predicted octanol–water partition coefficient (Wildman–Crippen LogP) is 3.06. The van der Waals surface area contributed by atoms with Crippen molar-refractivity contribution in [2.75, 3.05) is 19.6 Å². The minimum atomic E-state index is 0.273. The third kappa shape index (κ3) is 4.08. The van der Waals surface area contributed by atoms with Crippen LogP contribution in [0.15, 0.2) is 22.8 Å². The van der Waals surface area contributed by atoms with Crippen molar-refractivity contribution >= 4 is 0 Å². The normalized spacial score (nSPS) is 27.1. The van der Waals surface area contributed by atoms with Crippen LogP contribution in [0.25, 0.3) is 0 Å². The molecule has 108 valence electrons. The molecule has 1 aliphatic heterocycles. The van der Waals surface area contributed by atoms with Crippen molar-refractivity contribution in [2.45, 2.75) is 58.0 Å². The third-order valence-corrected chi connectivity index (χ3v) is 4.52. The number of hydrogen-bond donors (Lipinski definition) is 1. The first kappa shape index (κ1) is 14.6. The van der Waals surface area contributed by atoms with E-state index in [4.69, 9.17) is 4.42 Å². The molecule has 0 aliphatic carbocycles. The van der Waals surface area contributed by atoms with Gasteiger partial charge in [0, 0.05) is 24.5 Å². The molecule has 0 radical (unpaired) electrons. The zero-order valence-corrected chi connectivity index (χ0v) is 12.6. The first-order valence-corrected chi connectivity index (χ1v) is 7.64. The van der Waals surface area contributed by atoms with Gasteiger partial charge in [0.2, 0.25) is 0 Å². The number of aryl methyl sites for hydroxylation is 1. The molecule has 1 aromatic rings. The second-order valence-corrected chi connectivity index (χ2v) is 6.13. The van der Waals surface area contributed by atoms with Crippen molar-refractivity contribution < 1.29 is 4.42 Å². The van der Waals surface area contributed by atoms with E-state index in [1.807, 2.05) is 6.07 Å². The van der Waals surface area contributed by atoms with Gasteiger partial charge in [0.25, 0.3) is 0 Å². The molecule has 0 bridgehead atoms. The standard InChI is InChI=1S/C16H28N2O/c1-4-16(3)13-18(11-6-10-17-16)14(2)8-9-15-7-5-12-19-15/h5,7,12,14,17H,4,6,8-11,13H2,1-3H3. The maximum Gasteiger partial charge on any atom is 0.103 e. The van der Waals surface area contributed by atoms with Crippen LogP contribution in [0, 0.1) is 0 Å². The van der Waals surface area contributed by atoms with Crippen LogP contribution in [0.3, 0.4) is 0 Å². The lowest BCUT2D eigenvalue weighted by atomic mass is 9.97. The highest BCUT2D eigenvalue weighted by molar-refractivity contribution is 4.99.